The molecule has 0 N–H and O–H groups in total. The number of ether oxygens (including phenoxy) is 1. The second-order valence-electron chi connectivity index (χ2n) is 8.82. The molecule has 4 aliphatic rings. The van der Waals surface area contributed by atoms with E-state index in [0.29, 0.717) is 47.7 Å². The summed E-state index contributed by atoms with van der Waals surface area (Å²) in [5, 5.41) is 3.97. The molecular weight excluding hydrogens is 358 g/mol. The van der Waals surface area contributed by atoms with Gasteiger partial charge in [-0.3, -0.25) is 9.69 Å². The molecule has 154 valence electrons. The van der Waals surface area contributed by atoms with E-state index < -0.39 is 0 Å². The number of anilines is 1. The molecule has 1 saturated carbocycles. The molecule has 8 nitrogen and oxygen atoms in total. The van der Waals surface area contributed by atoms with Crippen LogP contribution in [0.3, 0.4) is 0 Å². The fraction of sp³-hybridized carbons (Fsp3) is 0.850. The number of nitrogens with zero attached hydrogens (tertiary/aromatic N) is 5. The SMILES string of the molecule is CCN(CC)C(=O)[C@H]1[C@@H]2CN(C3CC4COCC(C3)N4c3nc(C)no3)C[C@@H]21. The Hall–Kier alpha value is -1.67. The highest BCUT2D eigenvalue weighted by Gasteiger charge is 2.61. The zero-order valence-electron chi connectivity index (χ0n) is 17.1. The number of fused-ring (bicyclic) bond motifs is 3. The van der Waals surface area contributed by atoms with Crippen LogP contribution in [0.25, 0.3) is 0 Å². The van der Waals surface area contributed by atoms with E-state index in [1.54, 1.807) is 0 Å². The minimum atomic E-state index is 0.278. The van der Waals surface area contributed by atoms with Crippen molar-refractivity contribution in [2.24, 2.45) is 17.8 Å². The molecule has 3 saturated heterocycles. The summed E-state index contributed by atoms with van der Waals surface area (Å²) in [6.07, 6.45) is 2.12. The number of hydrogen-bond donors (Lipinski definition) is 0. The molecule has 1 aliphatic carbocycles. The number of amides is 1. The van der Waals surface area contributed by atoms with E-state index in [1.807, 2.05) is 11.8 Å². The largest absolute Gasteiger partial charge is 0.377 e. The van der Waals surface area contributed by atoms with Gasteiger partial charge in [0.15, 0.2) is 5.82 Å². The van der Waals surface area contributed by atoms with Gasteiger partial charge in [0.05, 0.1) is 25.3 Å². The van der Waals surface area contributed by atoms with Crippen LogP contribution >= 0.6 is 0 Å². The quantitative estimate of drug-likeness (QED) is 0.748. The van der Waals surface area contributed by atoms with Crippen LogP contribution in [0.15, 0.2) is 4.52 Å². The maximum atomic E-state index is 12.7. The first-order valence-corrected chi connectivity index (χ1v) is 10.8. The molecule has 3 aliphatic heterocycles. The predicted octanol–water partition coefficient (Wildman–Crippen LogP) is 1.16. The van der Waals surface area contributed by atoms with Gasteiger partial charge in [0.1, 0.15) is 0 Å². The molecule has 5 atom stereocenters. The lowest BCUT2D eigenvalue weighted by atomic mass is 9.89. The van der Waals surface area contributed by atoms with Crippen LogP contribution in [0.1, 0.15) is 32.5 Å². The lowest BCUT2D eigenvalue weighted by molar-refractivity contribution is -0.133. The first-order chi connectivity index (χ1) is 13.6. The zero-order valence-corrected chi connectivity index (χ0v) is 17.1. The first-order valence-electron chi connectivity index (χ1n) is 10.8. The van der Waals surface area contributed by atoms with Gasteiger partial charge in [-0.05, 0) is 45.4 Å². The Morgan fingerprint density at radius 1 is 1.11 bits per heavy atom. The van der Waals surface area contributed by atoms with Gasteiger partial charge in [0.2, 0.25) is 5.91 Å². The third-order valence-electron chi connectivity index (χ3n) is 7.33. The number of rotatable bonds is 5. The van der Waals surface area contributed by atoms with Crippen LogP contribution in [0.2, 0.25) is 0 Å². The third-order valence-corrected chi connectivity index (χ3v) is 7.33. The van der Waals surface area contributed by atoms with Crippen LogP contribution < -0.4 is 4.90 Å². The number of likely N-dealkylation sites (tertiary alicyclic amines) is 1. The standard InChI is InChI=1S/C20H31N5O3/c1-4-23(5-2)19(26)18-16-8-24(9-17(16)18)13-6-14-10-27-11-15(7-13)25(14)20-21-12(3)22-28-20/h13-18H,4-11H2,1-3H3/t13?,14?,15?,16-,17+,18+. The van der Waals surface area contributed by atoms with Gasteiger partial charge < -0.3 is 19.1 Å². The van der Waals surface area contributed by atoms with E-state index in [1.165, 1.54) is 0 Å². The highest BCUT2D eigenvalue weighted by Crippen LogP contribution is 2.53. The van der Waals surface area contributed by atoms with Crippen molar-refractivity contribution in [2.45, 2.75) is 51.7 Å². The normalized spacial score (nSPS) is 37.0. The number of piperidine rings is 2. The monoisotopic (exact) mass is 389 g/mol. The van der Waals surface area contributed by atoms with E-state index >= 15 is 0 Å². The fourth-order valence-electron chi connectivity index (χ4n) is 5.86. The van der Waals surface area contributed by atoms with Gasteiger partial charge in [-0.1, -0.05) is 5.16 Å². The van der Waals surface area contributed by atoms with Gasteiger partial charge in [-0.25, -0.2) is 0 Å². The minimum Gasteiger partial charge on any atom is -0.377 e. The maximum absolute atomic E-state index is 12.7. The lowest BCUT2D eigenvalue weighted by Gasteiger charge is -2.49. The number of morpholine rings is 1. The van der Waals surface area contributed by atoms with E-state index in [0.717, 1.165) is 52.2 Å². The molecule has 2 bridgehead atoms. The molecule has 1 aromatic rings. The summed E-state index contributed by atoms with van der Waals surface area (Å²) in [4.78, 5) is 24.1. The van der Waals surface area contributed by atoms with Crippen LogP contribution in [0.4, 0.5) is 6.01 Å². The van der Waals surface area contributed by atoms with Gasteiger partial charge in [0.25, 0.3) is 0 Å². The average molecular weight is 390 g/mol. The number of aromatic nitrogens is 2. The molecule has 28 heavy (non-hydrogen) atoms. The average Bonchev–Trinajstić information content (AvgIpc) is 3.00. The Kier molecular flexibility index (Phi) is 4.58. The summed E-state index contributed by atoms with van der Waals surface area (Å²) >= 11 is 0. The molecule has 4 fully saturated rings. The van der Waals surface area contributed by atoms with Gasteiger partial charge >= 0.3 is 6.01 Å². The van der Waals surface area contributed by atoms with Crippen LogP contribution in [-0.2, 0) is 9.53 Å². The Morgan fingerprint density at radius 3 is 2.29 bits per heavy atom. The van der Waals surface area contributed by atoms with Crippen molar-refractivity contribution in [1.82, 2.24) is 19.9 Å². The van der Waals surface area contributed by atoms with E-state index in [2.05, 4.69) is 33.8 Å². The smallest absolute Gasteiger partial charge is 0.324 e. The van der Waals surface area contributed by atoms with E-state index in [4.69, 9.17) is 9.26 Å². The topological polar surface area (TPSA) is 74.9 Å². The molecular formula is C20H31N5O3. The molecule has 0 radical (unpaired) electrons. The Morgan fingerprint density at radius 2 is 1.75 bits per heavy atom. The summed E-state index contributed by atoms with van der Waals surface area (Å²) in [5.41, 5.74) is 0. The second kappa shape index (κ2) is 6.99. The molecule has 4 heterocycles. The number of hydrogen-bond acceptors (Lipinski definition) is 7. The van der Waals surface area contributed by atoms with Crippen molar-refractivity contribution in [3.8, 4) is 0 Å². The van der Waals surface area contributed by atoms with Crippen molar-refractivity contribution in [3.63, 3.8) is 0 Å². The van der Waals surface area contributed by atoms with Crippen LogP contribution in [0.5, 0.6) is 0 Å². The summed E-state index contributed by atoms with van der Waals surface area (Å²) in [7, 11) is 0. The van der Waals surface area contributed by atoms with Crippen molar-refractivity contribution < 1.29 is 14.1 Å². The summed E-state index contributed by atoms with van der Waals surface area (Å²) in [5.74, 6) is 2.48. The maximum Gasteiger partial charge on any atom is 0.324 e. The van der Waals surface area contributed by atoms with Gasteiger partial charge in [0, 0.05) is 38.1 Å². The van der Waals surface area contributed by atoms with Crippen molar-refractivity contribution >= 4 is 11.9 Å². The van der Waals surface area contributed by atoms with E-state index in [9.17, 15) is 4.79 Å². The third kappa shape index (κ3) is 2.92. The number of carbonyl (C=O) groups is 1. The molecule has 2 unspecified atom stereocenters. The van der Waals surface area contributed by atoms with Gasteiger partial charge in [-0.15, -0.1) is 0 Å². The highest BCUT2D eigenvalue weighted by atomic mass is 16.5. The Bertz CT molecular complexity index is 709. The highest BCUT2D eigenvalue weighted by molar-refractivity contribution is 5.82. The second-order valence-corrected chi connectivity index (χ2v) is 8.82. The first kappa shape index (κ1) is 18.4. The van der Waals surface area contributed by atoms with Gasteiger partial charge in [-0.2, -0.15) is 4.98 Å². The van der Waals surface area contributed by atoms with Crippen molar-refractivity contribution in [3.05, 3.63) is 5.82 Å². The molecule has 1 amide bonds. The number of aryl methyl sites for hydroxylation is 1. The molecule has 5 rings (SSSR count). The zero-order chi connectivity index (χ0) is 19.4. The molecule has 1 aromatic heterocycles. The van der Waals surface area contributed by atoms with Crippen LogP contribution in [-0.4, -0.2) is 83.4 Å². The minimum absolute atomic E-state index is 0.278. The number of carbonyl (C=O) groups excluding carboxylic acids is 1. The predicted molar refractivity (Wildman–Crippen MR) is 103 cm³/mol. The summed E-state index contributed by atoms with van der Waals surface area (Å²) in [6.45, 7) is 11.3. The molecule has 0 aromatic carbocycles. The fourth-order valence-corrected chi connectivity index (χ4v) is 5.86. The Balaban J connectivity index is 1.22. The summed E-state index contributed by atoms with van der Waals surface area (Å²) < 4.78 is 11.3. The van der Waals surface area contributed by atoms with E-state index in [-0.39, 0.29) is 5.92 Å². The molecule has 0 spiro atoms. The van der Waals surface area contributed by atoms with Crippen molar-refractivity contribution in [2.75, 3.05) is 44.3 Å². The lowest BCUT2D eigenvalue weighted by Crippen LogP contribution is -2.61. The summed E-state index contributed by atoms with van der Waals surface area (Å²) in [6, 6.07) is 1.80. The molecule has 8 heteroatoms. The Labute approximate surface area is 166 Å². The van der Waals surface area contributed by atoms with Crippen LogP contribution in [0, 0.1) is 24.7 Å². The van der Waals surface area contributed by atoms with Crippen molar-refractivity contribution in [1.29, 1.82) is 0 Å².